The summed E-state index contributed by atoms with van der Waals surface area (Å²) >= 11 is 0. The lowest BCUT2D eigenvalue weighted by atomic mass is 10.0. The van der Waals surface area contributed by atoms with Crippen LogP contribution in [0.15, 0.2) is 18.5 Å². The highest BCUT2D eigenvalue weighted by Gasteiger charge is 2.33. The number of carbonyl (C=O) groups is 1. The Labute approximate surface area is 113 Å². The maximum Gasteiger partial charge on any atom is 0.321 e. The van der Waals surface area contributed by atoms with E-state index < -0.39 is 5.60 Å². The smallest absolute Gasteiger partial charge is 0.321 e. The topological polar surface area (TPSA) is 65.5 Å². The van der Waals surface area contributed by atoms with Gasteiger partial charge in [0.1, 0.15) is 0 Å². The average Bonchev–Trinajstić information content (AvgIpc) is 2.78. The van der Waals surface area contributed by atoms with E-state index in [9.17, 15) is 9.90 Å². The fourth-order valence-electron chi connectivity index (χ4n) is 2.53. The largest absolute Gasteiger partial charge is 0.388 e. The van der Waals surface area contributed by atoms with E-state index in [2.05, 4.69) is 10.3 Å². The molecule has 0 spiro atoms. The van der Waals surface area contributed by atoms with Crippen LogP contribution in [-0.2, 0) is 0 Å². The van der Waals surface area contributed by atoms with Gasteiger partial charge in [0.25, 0.3) is 0 Å². The first-order valence-corrected chi connectivity index (χ1v) is 6.65. The summed E-state index contributed by atoms with van der Waals surface area (Å²) in [6.07, 6.45) is 6.98. The summed E-state index contributed by atoms with van der Waals surface area (Å²) in [7, 11) is 1.71. The average molecular weight is 263 g/mol. The van der Waals surface area contributed by atoms with Crippen LogP contribution in [0, 0.1) is 6.92 Å². The van der Waals surface area contributed by atoms with Crippen LogP contribution in [0.1, 0.15) is 31.2 Å². The van der Waals surface area contributed by atoms with Crippen LogP contribution in [-0.4, -0.2) is 40.2 Å². The molecule has 0 atom stereocenters. The quantitative estimate of drug-likeness (QED) is 0.878. The van der Waals surface area contributed by atoms with E-state index in [0.717, 1.165) is 36.9 Å². The molecule has 0 radical (unpaired) electrons. The molecule has 0 saturated heterocycles. The van der Waals surface area contributed by atoms with Gasteiger partial charge in [-0.15, -0.1) is 0 Å². The molecule has 0 aliphatic heterocycles. The Morgan fingerprint density at radius 3 is 2.84 bits per heavy atom. The third-order valence-corrected chi connectivity index (χ3v) is 3.67. The van der Waals surface area contributed by atoms with Crippen LogP contribution in [0.2, 0.25) is 0 Å². The van der Waals surface area contributed by atoms with E-state index in [0.29, 0.717) is 6.54 Å². The molecule has 5 heteroatoms. The van der Waals surface area contributed by atoms with Crippen molar-refractivity contribution in [2.75, 3.05) is 18.9 Å². The molecule has 5 nitrogen and oxygen atoms in total. The lowest BCUT2D eigenvalue weighted by Crippen LogP contribution is -2.43. The zero-order valence-electron chi connectivity index (χ0n) is 11.5. The van der Waals surface area contributed by atoms with Gasteiger partial charge in [0, 0.05) is 25.1 Å². The fraction of sp³-hybridized carbons (Fsp3) is 0.571. The highest BCUT2D eigenvalue weighted by molar-refractivity contribution is 5.89. The number of nitrogens with one attached hydrogen (secondary N) is 1. The van der Waals surface area contributed by atoms with Gasteiger partial charge >= 0.3 is 6.03 Å². The molecule has 104 valence electrons. The minimum Gasteiger partial charge on any atom is -0.388 e. The number of pyridine rings is 1. The number of aryl methyl sites for hydroxylation is 1. The Morgan fingerprint density at radius 2 is 2.21 bits per heavy atom. The van der Waals surface area contributed by atoms with Crippen molar-refractivity contribution in [1.82, 2.24) is 9.88 Å². The van der Waals surface area contributed by atoms with Crippen LogP contribution >= 0.6 is 0 Å². The second kappa shape index (κ2) is 5.57. The third-order valence-electron chi connectivity index (χ3n) is 3.67. The molecule has 2 rings (SSSR count). The Kier molecular flexibility index (Phi) is 4.04. The maximum atomic E-state index is 12.1. The molecule has 1 saturated carbocycles. The normalized spacial score (nSPS) is 17.2. The molecule has 1 aromatic heterocycles. The first kappa shape index (κ1) is 13.8. The molecule has 19 heavy (non-hydrogen) atoms. The molecule has 1 aliphatic carbocycles. The Morgan fingerprint density at radius 1 is 1.53 bits per heavy atom. The van der Waals surface area contributed by atoms with Gasteiger partial charge in [0.05, 0.1) is 12.1 Å². The van der Waals surface area contributed by atoms with Crippen molar-refractivity contribution < 1.29 is 9.90 Å². The van der Waals surface area contributed by atoms with Gasteiger partial charge in [-0.3, -0.25) is 4.98 Å². The summed E-state index contributed by atoms with van der Waals surface area (Å²) in [6.45, 7) is 2.27. The number of hydrogen-bond donors (Lipinski definition) is 2. The van der Waals surface area contributed by atoms with Crippen molar-refractivity contribution in [3.8, 4) is 0 Å². The molecule has 2 N–H and O–H groups in total. The minimum absolute atomic E-state index is 0.199. The molecule has 0 bridgehead atoms. The van der Waals surface area contributed by atoms with Gasteiger partial charge < -0.3 is 15.3 Å². The van der Waals surface area contributed by atoms with Crippen molar-refractivity contribution in [2.45, 2.75) is 38.2 Å². The number of aromatic nitrogens is 1. The number of carbonyl (C=O) groups excluding carboxylic acids is 1. The highest BCUT2D eigenvalue weighted by atomic mass is 16.3. The molecule has 0 aromatic carbocycles. The molecule has 0 unspecified atom stereocenters. The van der Waals surface area contributed by atoms with Crippen molar-refractivity contribution in [3.63, 3.8) is 0 Å². The predicted octanol–water partition coefficient (Wildman–Crippen LogP) is 2.16. The van der Waals surface area contributed by atoms with Gasteiger partial charge in [-0.25, -0.2) is 4.79 Å². The number of urea groups is 1. The van der Waals surface area contributed by atoms with Gasteiger partial charge in [0.15, 0.2) is 0 Å². The predicted molar refractivity (Wildman–Crippen MR) is 74.0 cm³/mol. The maximum absolute atomic E-state index is 12.1. The van der Waals surface area contributed by atoms with Crippen LogP contribution in [0.4, 0.5) is 10.5 Å². The summed E-state index contributed by atoms with van der Waals surface area (Å²) in [4.78, 5) is 17.6. The molecule has 1 aromatic rings. The number of aliphatic hydroxyl groups is 1. The van der Waals surface area contributed by atoms with Crippen LogP contribution in [0.5, 0.6) is 0 Å². The van der Waals surface area contributed by atoms with Crippen molar-refractivity contribution >= 4 is 11.7 Å². The number of likely N-dealkylation sites (N-methyl/N-ethyl adjacent to an activating group) is 1. The summed E-state index contributed by atoms with van der Waals surface area (Å²) < 4.78 is 0. The van der Waals surface area contributed by atoms with Crippen LogP contribution in [0.25, 0.3) is 0 Å². The van der Waals surface area contributed by atoms with Crippen LogP contribution in [0.3, 0.4) is 0 Å². The number of amides is 2. The monoisotopic (exact) mass is 263 g/mol. The molecular formula is C14H21N3O2. The Bertz CT molecular complexity index is 456. The van der Waals surface area contributed by atoms with Crippen LogP contribution < -0.4 is 5.32 Å². The first-order chi connectivity index (χ1) is 9.00. The minimum atomic E-state index is -0.709. The van der Waals surface area contributed by atoms with Crippen molar-refractivity contribution in [2.24, 2.45) is 0 Å². The summed E-state index contributed by atoms with van der Waals surface area (Å²) in [5.74, 6) is 0. The summed E-state index contributed by atoms with van der Waals surface area (Å²) in [6, 6.07) is 1.57. The highest BCUT2D eigenvalue weighted by Crippen LogP contribution is 2.30. The second-order valence-electron chi connectivity index (χ2n) is 5.41. The summed E-state index contributed by atoms with van der Waals surface area (Å²) in [5.41, 5.74) is 0.966. The van der Waals surface area contributed by atoms with E-state index in [-0.39, 0.29) is 6.03 Å². The van der Waals surface area contributed by atoms with Crippen molar-refractivity contribution in [1.29, 1.82) is 0 Å². The van der Waals surface area contributed by atoms with Crippen molar-refractivity contribution in [3.05, 3.63) is 24.0 Å². The van der Waals surface area contributed by atoms with E-state index in [1.807, 2.05) is 6.92 Å². The van der Waals surface area contributed by atoms with E-state index in [1.165, 1.54) is 0 Å². The molecular weight excluding hydrogens is 242 g/mol. The number of nitrogens with zero attached hydrogens (tertiary/aromatic N) is 2. The Hall–Kier alpha value is -1.62. The van der Waals surface area contributed by atoms with E-state index >= 15 is 0 Å². The van der Waals surface area contributed by atoms with E-state index in [1.54, 1.807) is 30.4 Å². The summed E-state index contributed by atoms with van der Waals surface area (Å²) in [5, 5.41) is 13.1. The van der Waals surface area contributed by atoms with Gasteiger partial charge in [-0.05, 0) is 31.4 Å². The third kappa shape index (κ3) is 3.44. The second-order valence-corrected chi connectivity index (χ2v) is 5.41. The number of hydrogen-bond acceptors (Lipinski definition) is 3. The molecule has 2 amide bonds. The van der Waals surface area contributed by atoms with Gasteiger partial charge in [-0.2, -0.15) is 0 Å². The standard InChI is InChI=1S/C14H21N3O2/c1-11-9-15-8-5-12(11)16-13(18)17(2)10-14(19)6-3-4-7-14/h5,8-9,19H,3-4,6-7,10H2,1-2H3,(H,15,16,18). The number of rotatable bonds is 3. The SMILES string of the molecule is Cc1cnccc1NC(=O)N(C)CC1(O)CCCC1. The molecule has 1 heterocycles. The first-order valence-electron chi connectivity index (χ1n) is 6.65. The lowest BCUT2D eigenvalue weighted by molar-refractivity contribution is 0.0261. The zero-order valence-corrected chi connectivity index (χ0v) is 11.5. The van der Waals surface area contributed by atoms with E-state index in [4.69, 9.17) is 0 Å². The van der Waals surface area contributed by atoms with Gasteiger partial charge in [0.2, 0.25) is 0 Å². The molecule has 1 fully saturated rings. The van der Waals surface area contributed by atoms with Gasteiger partial charge in [-0.1, -0.05) is 12.8 Å². The Balaban J connectivity index is 1.94. The zero-order chi connectivity index (χ0) is 13.9. The number of anilines is 1. The fourth-order valence-corrected chi connectivity index (χ4v) is 2.53. The molecule has 1 aliphatic rings. The lowest BCUT2D eigenvalue weighted by Gasteiger charge is -2.28.